The minimum atomic E-state index is -4.25. The molecule has 142 valence electrons. The van der Waals surface area contributed by atoms with Gasteiger partial charge in [0.25, 0.3) is 15.7 Å². The van der Waals surface area contributed by atoms with Crippen molar-refractivity contribution in [2.45, 2.75) is 4.90 Å². The Balaban J connectivity index is 2.40. The van der Waals surface area contributed by atoms with E-state index in [4.69, 9.17) is 9.84 Å². The molecule has 0 spiro atoms. The van der Waals surface area contributed by atoms with Crippen molar-refractivity contribution in [3.63, 3.8) is 0 Å². The summed E-state index contributed by atoms with van der Waals surface area (Å²) >= 11 is 0. The Morgan fingerprint density at radius 2 is 1.78 bits per heavy atom. The number of nitro groups is 1. The molecule has 0 fully saturated rings. The molecule has 9 nitrogen and oxygen atoms in total. The lowest BCUT2D eigenvalue weighted by Gasteiger charge is -2.23. The zero-order valence-corrected chi connectivity index (χ0v) is 14.8. The van der Waals surface area contributed by atoms with Crippen LogP contribution in [0.4, 0.5) is 11.4 Å². The summed E-state index contributed by atoms with van der Waals surface area (Å²) in [6, 6.07) is 10.0. The summed E-state index contributed by atoms with van der Waals surface area (Å²) < 4.78 is 31.7. The van der Waals surface area contributed by atoms with Crippen molar-refractivity contribution in [3.8, 4) is 5.75 Å². The highest BCUT2D eigenvalue weighted by Gasteiger charge is 2.27. The molecule has 0 aliphatic carbocycles. The molecule has 0 aliphatic rings. The molecule has 2 rings (SSSR count). The lowest BCUT2D eigenvalue weighted by atomic mass is 10.3. The number of nitro benzene ring substituents is 1. The molecule has 0 unspecified atom stereocenters. The van der Waals surface area contributed by atoms with Gasteiger partial charge in [-0.3, -0.25) is 19.2 Å². The zero-order valence-electron chi connectivity index (χ0n) is 14.0. The van der Waals surface area contributed by atoms with E-state index in [1.54, 1.807) is 6.08 Å². The van der Waals surface area contributed by atoms with Crippen LogP contribution in [0.25, 0.3) is 0 Å². The van der Waals surface area contributed by atoms with Crippen molar-refractivity contribution in [2.24, 2.45) is 0 Å². The van der Waals surface area contributed by atoms with Gasteiger partial charge in [-0.25, -0.2) is 8.42 Å². The second kappa shape index (κ2) is 8.32. The Morgan fingerprint density at radius 1 is 1.19 bits per heavy atom. The van der Waals surface area contributed by atoms with Crippen LogP contribution in [-0.4, -0.2) is 37.6 Å². The first-order chi connectivity index (χ1) is 12.8. The molecule has 2 aromatic carbocycles. The number of aliphatic carboxylic acids is 1. The zero-order chi connectivity index (χ0) is 20.0. The van der Waals surface area contributed by atoms with E-state index in [1.807, 2.05) is 0 Å². The first-order valence-corrected chi connectivity index (χ1v) is 9.02. The number of carboxylic acid groups (broad SMARTS) is 1. The van der Waals surface area contributed by atoms with Crippen LogP contribution in [0.5, 0.6) is 5.75 Å². The third kappa shape index (κ3) is 4.82. The van der Waals surface area contributed by atoms with Gasteiger partial charge in [-0.2, -0.15) is 0 Å². The average molecular weight is 392 g/mol. The highest BCUT2D eigenvalue weighted by Crippen LogP contribution is 2.26. The van der Waals surface area contributed by atoms with E-state index in [0.717, 1.165) is 24.3 Å². The minimum Gasteiger partial charge on any atom is -0.490 e. The lowest BCUT2D eigenvalue weighted by molar-refractivity contribution is -0.384. The summed E-state index contributed by atoms with van der Waals surface area (Å²) in [6.45, 7) is 2.97. The molecule has 0 aliphatic heterocycles. The van der Waals surface area contributed by atoms with Gasteiger partial charge in [0, 0.05) is 12.1 Å². The SMILES string of the molecule is C=CCOc1ccc(N(CC(=O)O)S(=O)(=O)c2ccc([N+](=O)[O-])cc2)cc1. The molecular weight excluding hydrogens is 376 g/mol. The molecule has 10 heteroatoms. The van der Waals surface area contributed by atoms with Gasteiger partial charge in [-0.15, -0.1) is 0 Å². The third-order valence-corrected chi connectivity index (χ3v) is 5.20. The second-order valence-electron chi connectivity index (χ2n) is 5.25. The number of anilines is 1. The van der Waals surface area contributed by atoms with Crippen LogP contribution in [0, 0.1) is 10.1 Å². The topological polar surface area (TPSA) is 127 Å². The van der Waals surface area contributed by atoms with E-state index in [1.165, 1.54) is 24.3 Å². The predicted octanol–water partition coefficient (Wildman–Crippen LogP) is 2.44. The van der Waals surface area contributed by atoms with Crippen LogP contribution in [0.15, 0.2) is 66.1 Å². The van der Waals surface area contributed by atoms with Crippen molar-refractivity contribution < 1.29 is 28.0 Å². The monoisotopic (exact) mass is 392 g/mol. The highest BCUT2D eigenvalue weighted by atomic mass is 32.2. The minimum absolute atomic E-state index is 0.113. The molecule has 0 heterocycles. The summed E-state index contributed by atoms with van der Waals surface area (Å²) in [6.07, 6.45) is 1.55. The normalized spacial score (nSPS) is 10.8. The Morgan fingerprint density at radius 3 is 2.26 bits per heavy atom. The number of non-ortho nitro benzene ring substituents is 1. The first-order valence-electron chi connectivity index (χ1n) is 7.58. The molecule has 0 bridgehead atoms. The third-order valence-electron chi connectivity index (χ3n) is 3.41. The molecular formula is C17H16N2O7S. The molecule has 0 saturated heterocycles. The molecule has 1 N–H and O–H groups in total. The van der Waals surface area contributed by atoms with Gasteiger partial charge in [-0.05, 0) is 36.4 Å². The molecule has 2 aromatic rings. The molecule has 0 amide bonds. The Bertz CT molecular complexity index is 938. The summed E-state index contributed by atoms with van der Waals surface area (Å²) in [5, 5.41) is 19.8. The Labute approximate surface area is 155 Å². The summed E-state index contributed by atoms with van der Waals surface area (Å²) in [7, 11) is -4.25. The second-order valence-corrected chi connectivity index (χ2v) is 7.11. The number of hydrogen-bond donors (Lipinski definition) is 1. The molecule has 0 radical (unpaired) electrons. The van der Waals surface area contributed by atoms with Gasteiger partial charge in [0.05, 0.1) is 15.5 Å². The van der Waals surface area contributed by atoms with Gasteiger partial charge < -0.3 is 9.84 Å². The van der Waals surface area contributed by atoms with Gasteiger partial charge in [0.2, 0.25) is 0 Å². The van der Waals surface area contributed by atoms with Crippen LogP contribution in [0.1, 0.15) is 0 Å². The van der Waals surface area contributed by atoms with Gasteiger partial charge in [-0.1, -0.05) is 12.7 Å². The number of carboxylic acids is 1. The quantitative estimate of drug-likeness (QED) is 0.394. The smallest absolute Gasteiger partial charge is 0.324 e. The van der Waals surface area contributed by atoms with E-state index in [-0.39, 0.29) is 22.9 Å². The number of nitrogens with zero attached hydrogens (tertiary/aromatic N) is 2. The maximum Gasteiger partial charge on any atom is 0.324 e. The largest absolute Gasteiger partial charge is 0.490 e. The van der Waals surface area contributed by atoms with Gasteiger partial charge in [0.1, 0.15) is 18.9 Å². The van der Waals surface area contributed by atoms with E-state index in [9.17, 15) is 23.3 Å². The van der Waals surface area contributed by atoms with Crippen molar-refractivity contribution >= 4 is 27.4 Å². The van der Waals surface area contributed by atoms with Crippen LogP contribution in [0.3, 0.4) is 0 Å². The number of carbonyl (C=O) groups is 1. The summed E-state index contributed by atoms with van der Waals surface area (Å²) in [5.41, 5.74) is -0.163. The maximum atomic E-state index is 12.9. The number of rotatable bonds is 9. The van der Waals surface area contributed by atoms with E-state index < -0.39 is 27.5 Å². The number of benzene rings is 2. The van der Waals surface area contributed by atoms with Crippen molar-refractivity contribution in [2.75, 3.05) is 17.5 Å². The van der Waals surface area contributed by atoms with E-state index in [0.29, 0.717) is 10.1 Å². The highest BCUT2D eigenvalue weighted by molar-refractivity contribution is 7.92. The molecule has 0 atom stereocenters. The molecule has 0 aromatic heterocycles. The standard InChI is InChI=1S/C17H16N2O7S/c1-2-11-26-15-7-3-13(4-8-15)18(12-17(20)21)27(24,25)16-9-5-14(6-10-16)19(22)23/h2-10H,1,11-12H2,(H,20,21). The lowest BCUT2D eigenvalue weighted by Crippen LogP contribution is -2.35. The van der Waals surface area contributed by atoms with Crippen molar-refractivity contribution in [1.29, 1.82) is 0 Å². The van der Waals surface area contributed by atoms with Crippen LogP contribution >= 0.6 is 0 Å². The number of hydrogen-bond acceptors (Lipinski definition) is 6. The summed E-state index contributed by atoms with van der Waals surface area (Å²) in [5.74, 6) is -0.894. The maximum absolute atomic E-state index is 12.9. The Kier molecular flexibility index (Phi) is 6.14. The number of ether oxygens (including phenoxy) is 1. The van der Waals surface area contributed by atoms with E-state index >= 15 is 0 Å². The molecule has 0 saturated carbocycles. The molecule has 27 heavy (non-hydrogen) atoms. The van der Waals surface area contributed by atoms with Crippen LogP contribution in [-0.2, 0) is 14.8 Å². The fourth-order valence-corrected chi connectivity index (χ4v) is 3.58. The van der Waals surface area contributed by atoms with Crippen LogP contribution in [0.2, 0.25) is 0 Å². The Hall–Kier alpha value is -3.40. The van der Waals surface area contributed by atoms with E-state index in [2.05, 4.69) is 6.58 Å². The summed E-state index contributed by atoms with van der Waals surface area (Å²) in [4.78, 5) is 21.0. The van der Waals surface area contributed by atoms with Gasteiger partial charge in [0.15, 0.2) is 0 Å². The fraction of sp³-hybridized carbons (Fsp3) is 0.118. The fourth-order valence-electron chi connectivity index (χ4n) is 2.17. The average Bonchev–Trinajstić information content (AvgIpc) is 2.64. The predicted molar refractivity (Wildman–Crippen MR) is 97.4 cm³/mol. The van der Waals surface area contributed by atoms with Crippen LogP contribution < -0.4 is 9.04 Å². The first kappa shape index (κ1) is 19.9. The van der Waals surface area contributed by atoms with Gasteiger partial charge >= 0.3 is 5.97 Å². The van der Waals surface area contributed by atoms with Crippen molar-refractivity contribution in [1.82, 2.24) is 0 Å². The van der Waals surface area contributed by atoms with Crippen molar-refractivity contribution in [3.05, 3.63) is 71.3 Å². The number of sulfonamides is 1.